The van der Waals surface area contributed by atoms with Crippen LogP contribution in [0.3, 0.4) is 0 Å². The third kappa shape index (κ3) is 1.99. The molecule has 0 radical (unpaired) electrons. The zero-order chi connectivity index (χ0) is 14.1. The Morgan fingerprint density at radius 2 is 2.20 bits per heavy atom. The number of nitrogens with one attached hydrogen (secondary N) is 1. The summed E-state index contributed by atoms with van der Waals surface area (Å²) in [6.45, 7) is 0. The van der Waals surface area contributed by atoms with Gasteiger partial charge in [0.2, 0.25) is 0 Å². The predicted octanol–water partition coefficient (Wildman–Crippen LogP) is 1.55. The number of rotatable bonds is 2. The van der Waals surface area contributed by atoms with Gasteiger partial charge in [0.05, 0.1) is 5.52 Å². The van der Waals surface area contributed by atoms with Gasteiger partial charge in [0.1, 0.15) is 23.9 Å². The number of nitrogens with zero attached hydrogens (tertiary/aromatic N) is 4. The molecular formula is C13H9N5O2. The number of hydrogen-bond donors (Lipinski definition) is 1. The number of H-pyrrole nitrogens is 1. The van der Waals surface area contributed by atoms with E-state index in [0.717, 1.165) is 5.69 Å². The Kier molecular flexibility index (Phi) is 2.69. The number of benzene rings is 1. The average molecular weight is 267 g/mol. The molecule has 0 aliphatic rings. The van der Waals surface area contributed by atoms with Gasteiger partial charge in [-0.15, -0.1) is 0 Å². The second-order valence-corrected chi connectivity index (χ2v) is 4.13. The summed E-state index contributed by atoms with van der Waals surface area (Å²) < 4.78 is 4.95. The van der Waals surface area contributed by atoms with E-state index in [-0.39, 0.29) is 0 Å². The van der Waals surface area contributed by atoms with Crippen LogP contribution in [0.15, 0.2) is 39.8 Å². The molecule has 0 unspecified atom stereocenters. The smallest absolute Gasteiger partial charge is 0.408 e. The highest BCUT2D eigenvalue weighted by molar-refractivity contribution is 5.78. The molecule has 0 aliphatic carbocycles. The van der Waals surface area contributed by atoms with Gasteiger partial charge in [0, 0.05) is 18.8 Å². The van der Waals surface area contributed by atoms with Crippen LogP contribution in [0, 0.1) is 11.3 Å². The number of oxazole rings is 1. The van der Waals surface area contributed by atoms with Gasteiger partial charge < -0.3 is 9.32 Å². The van der Waals surface area contributed by atoms with E-state index in [4.69, 9.17) is 9.68 Å². The maximum absolute atomic E-state index is 11.1. The molecule has 1 N–H and O–H groups in total. The van der Waals surface area contributed by atoms with Crippen LogP contribution in [0.1, 0.15) is 5.69 Å². The van der Waals surface area contributed by atoms with Crippen LogP contribution in [-0.2, 0) is 0 Å². The van der Waals surface area contributed by atoms with E-state index >= 15 is 0 Å². The largest absolute Gasteiger partial charge is 0.417 e. The summed E-state index contributed by atoms with van der Waals surface area (Å²) in [6, 6.07) is 8.82. The molecule has 0 bridgehead atoms. The monoisotopic (exact) mass is 267 g/mol. The fourth-order valence-corrected chi connectivity index (χ4v) is 1.87. The lowest BCUT2D eigenvalue weighted by Gasteiger charge is -2.17. The fraction of sp³-hybridized carbons (Fsp3) is 0.0769. The van der Waals surface area contributed by atoms with E-state index in [1.165, 1.54) is 6.33 Å². The van der Waals surface area contributed by atoms with Gasteiger partial charge >= 0.3 is 5.76 Å². The van der Waals surface area contributed by atoms with Crippen molar-refractivity contribution in [3.63, 3.8) is 0 Å². The van der Waals surface area contributed by atoms with Crippen molar-refractivity contribution in [1.82, 2.24) is 15.0 Å². The van der Waals surface area contributed by atoms with Gasteiger partial charge in [-0.25, -0.2) is 14.8 Å². The predicted molar refractivity (Wildman–Crippen MR) is 71.6 cm³/mol. The number of aromatic amines is 1. The van der Waals surface area contributed by atoms with Crippen molar-refractivity contribution in [2.45, 2.75) is 0 Å². The van der Waals surface area contributed by atoms with Crippen molar-refractivity contribution in [2.75, 3.05) is 11.9 Å². The molecule has 0 atom stereocenters. The van der Waals surface area contributed by atoms with E-state index < -0.39 is 5.76 Å². The van der Waals surface area contributed by atoms with Crippen LogP contribution in [0.4, 0.5) is 11.5 Å². The summed E-state index contributed by atoms with van der Waals surface area (Å²) in [4.78, 5) is 23.5. The molecule has 0 spiro atoms. The first-order valence-electron chi connectivity index (χ1n) is 5.76. The second kappa shape index (κ2) is 4.51. The third-order valence-corrected chi connectivity index (χ3v) is 2.90. The number of fused-ring (bicyclic) bond motifs is 1. The molecule has 0 saturated heterocycles. The van der Waals surface area contributed by atoms with Gasteiger partial charge in [-0.3, -0.25) is 4.98 Å². The van der Waals surface area contributed by atoms with Crippen molar-refractivity contribution in [3.05, 3.63) is 46.8 Å². The van der Waals surface area contributed by atoms with Crippen molar-refractivity contribution < 1.29 is 4.42 Å². The highest BCUT2D eigenvalue weighted by Crippen LogP contribution is 2.24. The van der Waals surface area contributed by atoms with Crippen LogP contribution in [0.25, 0.3) is 11.1 Å². The van der Waals surface area contributed by atoms with Crippen LogP contribution >= 0.6 is 0 Å². The molecule has 3 aromatic rings. The molecule has 7 nitrogen and oxygen atoms in total. The molecule has 2 aromatic heterocycles. The van der Waals surface area contributed by atoms with Crippen molar-refractivity contribution in [2.24, 2.45) is 0 Å². The van der Waals surface area contributed by atoms with Crippen LogP contribution in [0.5, 0.6) is 0 Å². The maximum atomic E-state index is 11.1. The summed E-state index contributed by atoms with van der Waals surface area (Å²) in [5.41, 5.74) is 2.19. The lowest BCUT2D eigenvalue weighted by molar-refractivity contribution is 0.555. The maximum Gasteiger partial charge on any atom is 0.417 e. The molecule has 0 amide bonds. The summed E-state index contributed by atoms with van der Waals surface area (Å²) >= 11 is 0. The Hall–Kier alpha value is -3.14. The third-order valence-electron chi connectivity index (χ3n) is 2.90. The van der Waals surface area contributed by atoms with Crippen molar-refractivity contribution in [1.29, 1.82) is 5.26 Å². The van der Waals surface area contributed by atoms with Crippen molar-refractivity contribution in [3.8, 4) is 6.07 Å². The Balaban J connectivity index is 2.04. The molecule has 2 heterocycles. The molecule has 20 heavy (non-hydrogen) atoms. The SMILES string of the molecule is CN(c1ccc2oc(=O)[nH]c2c1)c1cc(C#N)ncn1. The van der Waals surface area contributed by atoms with E-state index in [1.54, 1.807) is 29.2 Å². The van der Waals surface area contributed by atoms with Crippen LogP contribution in [0.2, 0.25) is 0 Å². The van der Waals surface area contributed by atoms with Crippen LogP contribution in [-0.4, -0.2) is 22.0 Å². The first-order chi connectivity index (χ1) is 9.67. The summed E-state index contributed by atoms with van der Waals surface area (Å²) in [7, 11) is 1.81. The zero-order valence-corrected chi connectivity index (χ0v) is 10.5. The Bertz CT molecular complexity index is 874. The minimum absolute atomic E-state index is 0.291. The minimum Gasteiger partial charge on any atom is -0.408 e. The Morgan fingerprint density at radius 1 is 1.35 bits per heavy atom. The van der Waals surface area contributed by atoms with Gasteiger partial charge in [-0.1, -0.05) is 0 Å². The molecule has 0 aliphatic heterocycles. The van der Waals surface area contributed by atoms with Gasteiger partial charge in [-0.2, -0.15) is 5.26 Å². The second-order valence-electron chi connectivity index (χ2n) is 4.13. The fourth-order valence-electron chi connectivity index (χ4n) is 1.87. The van der Waals surface area contributed by atoms with Gasteiger partial charge in [-0.05, 0) is 18.2 Å². The summed E-state index contributed by atoms with van der Waals surface area (Å²) in [5.74, 6) is 0.0929. The minimum atomic E-state index is -0.492. The molecule has 98 valence electrons. The van der Waals surface area contributed by atoms with Crippen molar-refractivity contribution >= 4 is 22.6 Å². The Labute approximate surface area is 113 Å². The normalized spacial score (nSPS) is 10.4. The number of hydrogen-bond acceptors (Lipinski definition) is 6. The molecule has 0 saturated carbocycles. The standard InChI is InChI=1S/C13H9N5O2/c1-18(12-4-8(6-14)15-7-16-12)9-2-3-11-10(5-9)17-13(19)20-11/h2-5,7H,1H3,(H,17,19). The first kappa shape index (κ1) is 11.9. The van der Waals surface area contributed by atoms with Gasteiger partial charge in [0.25, 0.3) is 0 Å². The lowest BCUT2D eigenvalue weighted by Crippen LogP contribution is -2.11. The van der Waals surface area contributed by atoms with Crippen LogP contribution < -0.4 is 10.7 Å². The molecular weight excluding hydrogens is 258 g/mol. The average Bonchev–Trinajstić information content (AvgIpc) is 2.85. The number of aromatic nitrogens is 3. The molecule has 1 aromatic carbocycles. The zero-order valence-electron chi connectivity index (χ0n) is 10.5. The quantitative estimate of drug-likeness (QED) is 0.756. The van der Waals surface area contributed by atoms with E-state index in [1.807, 2.05) is 13.1 Å². The van der Waals surface area contributed by atoms with E-state index in [9.17, 15) is 4.79 Å². The summed E-state index contributed by atoms with van der Waals surface area (Å²) in [6.07, 6.45) is 1.34. The first-order valence-corrected chi connectivity index (χ1v) is 5.76. The number of nitriles is 1. The molecule has 3 rings (SSSR count). The van der Waals surface area contributed by atoms with Gasteiger partial charge in [0.15, 0.2) is 5.58 Å². The highest BCUT2D eigenvalue weighted by atomic mass is 16.4. The summed E-state index contributed by atoms with van der Waals surface area (Å²) in [5, 5.41) is 8.85. The molecule has 7 heteroatoms. The lowest BCUT2D eigenvalue weighted by atomic mass is 10.2. The topological polar surface area (TPSA) is 98.8 Å². The molecule has 0 fully saturated rings. The Morgan fingerprint density at radius 3 is 3.00 bits per heavy atom. The highest BCUT2D eigenvalue weighted by Gasteiger charge is 2.09. The number of anilines is 2. The van der Waals surface area contributed by atoms with E-state index in [0.29, 0.717) is 22.6 Å². The van der Waals surface area contributed by atoms with E-state index in [2.05, 4.69) is 15.0 Å².